The molecule has 0 saturated carbocycles. The second kappa shape index (κ2) is 8.93. The molecule has 1 saturated heterocycles. The van der Waals surface area contributed by atoms with Crippen LogP contribution in [0.15, 0.2) is 65.0 Å². The summed E-state index contributed by atoms with van der Waals surface area (Å²) < 4.78 is 27.5. The number of pyridine rings is 1. The third kappa shape index (κ3) is 4.52. The molecule has 1 unspecified atom stereocenters. The van der Waals surface area contributed by atoms with Crippen LogP contribution in [0.5, 0.6) is 0 Å². The van der Waals surface area contributed by atoms with E-state index in [4.69, 9.17) is 0 Å². The first-order valence-corrected chi connectivity index (χ1v) is 12.2. The zero-order chi connectivity index (χ0) is 21.0. The number of nitrogens with one attached hydrogen (secondary N) is 1. The summed E-state index contributed by atoms with van der Waals surface area (Å²) in [6, 6.07) is 13.7. The Morgan fingerprint density at radius 3 is 2.63 bits per heavy atom. The number of anilines is 1. The number of amides is 1. The minimum atomic E-state index is -3.75. The van der Waals surface area contributed by atoms with Crippen molar-refractivity contribution in [2.75, 3.05) is 11.3 Å². The second-order valence-electron chi connectivity index (χ2n) is 7.07. The molecule has 3 heterocycles. The Bertz CT molecular complexity index is 1100. The topological polar surface area (TPSA) is 92.3 Å². The van der Waals surface area contributed by atoms with Gasteiger partial charge in [0.15, 0.2) is 5.13 Å². The van der Waals surface area contributed by atoms with E-state index >= 15 is 0 Å². The molecule has 4 rings (SSSR count). The number of likely N-dealkylation sites (tertiary alicyclic amines) is 1. The second-order valence-corrected chi connectivity index (χ2v) is 9.62. The largest absolute Gasteiger partial charge is 0.329 e. The van der Waals surface area contributed by atoms with Crippen LogP contribution in [0.4, 0.5) is 5.13 Å². The third-order valence-corrected chi connectivity index (χ3v) is 7.28. The number of nitrogens with zero attached hydrogens (tertiary/aromatic N) is 3. The van der Waals surface area contributed by atoms with Crippen LogP contribution in [0.1, 0.15) is 47.9 Å². The summed E-state index contributed by atoms with van der Waals surface area (Å²) in [7, 11) is -3.75. The minimum absolute atomic E-state index is 0.104. The number of carbonyl (C=O) groups is 1. The van der Waals surface area contributed by atoms with Crippen molar-refractivity contribution in [2.45, 2.75) is 36.6 Å². The third-order valence-electron chi connectivity index (χ3n) is 5.04. The maximum atomic E-state index is 13.3. The van der Waals surface area contributed by atoms with Crippen molar-refractivity contribution in [3.63, 3.8) is 0 Å². The standard InChI is InChI=1S/C21H22N4O3S2/c26-20(25-14-8-2-5-12-19(25)17-11-6-7-13-22-17)18-15-29-21(23-18)24-30(27,28)16-9-3-1-4-10-16/h1,3-4,6-7,9-11,13,15,19H,2,5,8,12,14H2,(H,23,24). The molecule has 1 aliphatic rings. The van der Waals surface area contributed by atoms with E-state index in [1.165, 1.54) is 12.1 Å². The van der Waals surface area contributed by atoms with Gasteiger partial charge in [-0.05, 0) is 37.1 Å². The molecular formula is C21H22N4O3S2. The summed E-state index contributed by atoms with van der Waals surface area (Å²) in [6.07, 6.45) is 5.60. The van der Waals surface area contributed by atoms with Crippen molar-refractivity contribution < 1.29 is 13.2 Å². The molecule has 1 N–H and O–H groups in total. The summed E-state index contributed by atoms with van der Waals surface area (Å²) in [4.78, 5) is 23.9. The van der Waals surface area contributed by atoms with Gasteiger partial charge in [0.2, 0.25) is 0 Å². The van der Waals surface area contributed by atoms with Crippen LogP contribution in [0.2, 0.25) is 0 Å². The molecule has 9 heteroatoms. The zero-order valence-corrected chi connectivity index (χ0v) is 17.9. The van der Waals surface area contributed by atoms with Gasteiger partial charge in [-0.1, -0.05) is 37.1 Å². The van der Waals surface area contributed by atoms with Crippen molar-refractivity contribution in [1.82, 2.24) is 14.9 Å². The van der Waals surface area contributed by atoms with Crippen LogP contribution in [0.25, 0.3) is 0 Å². The highest BCUT2D eigenvalue weighted by Crippen LogP contribution is 2.31. The molecule has 0 aliphatic carbocycles. The van der Waals surface area contributed by atoms with Crippen LogP contribution in [0.3, 0.4) is 0 Å². The molecular weight excluding hydrogens is 420 g/mol. The van der Waals surface area contributed by atoms with E-state index in [-0.39, 0.29) is 27.7 Å². The number of hydrogen-bond donors (Lipinski definition) is 1. The maximum Gasteiger partial charge on any atom is 0.273 e. The monoisotopic (exact) mass is 442 g/mol. The number of carbonyl (C=O) groups excluding carboxylic acids is 1. The quantitative estimate of drug-likeness (QED) is 0.642. The predicted molar refractivity (Wildman–Crippen MR) is 116 cm³/mol. The first kappa shape index (κ1) is 20.5. The normalized spacial score (nSPS) is 17.3. The van der Waals surface area contributed by atoms with Crippen LogP contribution >= 0.6 is 11.3 Å². The van der Waals surface area contributed by atoms with Gasteiger partial charge in [0.05, 0.1) is 16.6 Å². The van der Waals surface area contributed by atoms with Crippen molar-refractivity contribution in [3.8, 4) is 0 Å². The summed E-state index contributed by atoms with van der Waals surface area (Å²) in [5.74, 6) is -0.200. The number of sulfonamides is 1. The van der Waals surface area contributed by atoms with Crippen molar-refractivity contribution in [3.05, 3.63) is 71.5 Å². The molecule has 1 fully saturated rings. The average Bonchev–Trinajstić information content (AvgIpc) is 3.08. The molecule has 0 radical (unpaired) electrons. The summed E-state index contributed by atoms with van der Waals surface area (Å²) in [6.45, 7) is 0.628. The highest BCUT2D eigenvalue weighted by Gasteiger charge is 2.30. The van der Waals surface area contributed by atoms with Gasteiger partial charge < -0.3 is 4.90 Å². The SMILES string of the molecule is O=C(c1csc(NS(=O)(=O)c2ccccc2)n1)N1CCCCCC1c1ccccn1. The van der Waals surface area contributed by atoms with Gasteiger partial charge in [0, 0.05) is 18.1 Å². The van der Waals surface area contributed by atoms with Gasteiger partial charge in [0.1, 0.15) is 5.69 Å². The van der Waals surface area contributed by atoms with Crippen molar-refractivity contribution in [1.29, 1.82) is 0 Å². The van der Waals surface area contributed by atoms with Gasteiger partial charge in [-0.2, -0.15) is 0 Å². The molecule has 1 atom stereocenters. The lowest BCUT2D eigenvalue weighted by Crippen LogP contribution is -2.35. The Balaban J connectivity index is 1.55. The number of aromatic nitrogens is 2. The van der Waals surface area contributed by atoms with E-state index in [0.717, 1.165) is 42.7 Å². The molecule has 1 aliphatic heterocycles. The van der Waals surface area contributed by atoms with E-state index in [0.29, 0.717) is 6.54 Å². The number of benzene rings is 1. The Kier molecular flexibility index (Phi) is 6.10. The fourth-order valence-corrected chi connectivity index (χ4v) is 5.53. The first-order chi connectivity index (χ1) is 14.5. The predicted octanol–water partition coefficient (Wildman–Crippen LogP) is 4.10. The van der Waals surface area contributed by atoms with E-state index in [1.54, 1.807) is 29.8 Å². The highest BCUT2D eigenvalue weighted by atomic mass is 32.2. The minimum Gasteiger partial charge on any atom is -0.329 e. The lowest BCUT2D eigenvalue weighted by Gasteiger charge is -2.29. The zero-order valence-electron chi connectivity index (χ0n) is 16.3. The van der Waals surface area contributed by atoms with E-state index in [2.05, 4.69) is 14.7 Å². The van der Waals surface area contributed by atoms with Crippen LogP contribution < -0.4 is 4.72 Å². The summed E-state index contributed by atoms with van der Waals surface area (Å²) in [5.41, 5.74) is 1.11. The number of hydrogen-bond acceptors (Lipinski definition) is 6. The Morgan fingerprint density at radius 1 is 1.07 bits per heavy atom. The van der Waals surface area contributed by atoms with Crippen LogP contribution in [-0.2, 0) is 10.0 Å². The average molecular weight is 443 g/mol. The molecule has 2 aromatic heterocycles. The Morgan fingerprint density at radius 2 is 1.87 bits per heavy atom. The van der Waals surface area contributed by atoms with E-state index in [1.807, 2.05) is 23.1 Å². The van der Waals surface area contributed by atoms with E-state index in [9.17, 15) is 13.2 Å². The number of rotatable bonds is 5. The van der Waals surface area contributed by atoms with Crippen molar-refractivity contribution >= 4 is 32.4 Å². The number of thiazole rings is 1. The van der Waals surface area contributed by atoms with Crippen LogP contribution in [-0.4, -0.2) is 35.7 Å². The van der Waals surface area contributed by atoms with Crippen LogP contribution in [0, 0.1) is 0 Å². The summed E-state index contributed by atoms with van der Waals surface area (Å²) >= 11 is 1.10. The lowest BCUT2D eigenvalue weighted by molar-refractivity contribution is 0.0672. The molecule has 156 valence electrons. The fraction of sp³-hybridized carbons (Fsp3) is 0.286. The van der Waals surface area contributed by atoms with Gasteiger partial charge in [0.25, 0.3) is 15.9 Å². The Labute approximate surface area is 179 Å². The molecule has 3 aromatic rings. The van der Waals surface area contributed by atoms with Gasteiger partial charge >= 0.3 is 0 Å². The van der Waals surface area contributed by atoms with Gasteiger partial charge in [-0.25, -0.2) is 13.4 Å². The van der Waals surface area contributed by atoms with Gasteiger partial charge in [-0.3, -0.25) is 14.5 Å². The lowest BCUT2D eigenvalue weighted by atomic mass is 10.1. The summed E-state index contributed by atoms with van der Waals surface area (Å²) in [5, 5.41) is 1.78. The molecule has 30 heavy (non-hydrogen) atoms. The molecule has 1 amide bonds. The van der Waals surface area contributed by atoms with Crippen molar-refractivity contribution in [2.24, 2.45) is 0 Å². The molecule has 1 aromatic carbocycles. The molecule has 0 bridgehead atoms. The van der Waals surface area contributed by atoms with Gasteiger partial charge in [-0.15, -0.1) is 11.3 Å². The highest BCUT2D eigenvalue weighted by molar-refractivity contribution is 7.93. The fourth-order valence-electron chi connectivity index (χ4n) is 3.57. The molecule has 0 spiro atoms. The smallest absolute Gasteiger partial charge is 0.273 e. The Hall–Kier alpha value is -2.78. The van der Waals surface area contributed by atoms with E-state index < -0.39 is 10.0 Å². The maximum absolute atomic E-state index is 13.3. The first-order valence-electron chi connectivity index (χ1n) is 9.80. The molecule has 7 nitrogen and oxygen atoms in total.